The van der Waals surface area contributed by atoms with Crippen LogP contribution < -0.4 is 20.7 Å². The highest BCUT2D eigenvalue weighted by molar-refractivity contribution is 8.00. The number of carboxylic acids is 1. The summed E-state index contributed by atoms with van der Waals surface area (Å²) in [4.78, 5) is 48.0. The van der Waals surface area contributed by atoms with Gasteiger partial charge in [-0.15, -0.1) is 11.8 Å². The molecule has 198 valence electrons. The van der Waals surface area contributed by atoms with Gasteiger partial charge in [-0.25, -0.2) is 4.98 Å². The quantitative estimate of drug-likeness (QED) is 0.129. The lowest BCUT2D eigenvalue weighted by molar-refractivity contribution is -0.688. The molecule has 0 saturated carbocycles. The summed E-state index contributed by atoms with van der Waals surface area (Å²) in [5.41, 5.74) is 7.14. The maximum Gasteiger partial charge on any atom is 0.276 e. The molecule has 3 aromatic heterocycles. The van der Waals surface area contributed by atoms with Crippen molar-refractivity contribution in [1.29, 1.82) is 0 Å². The molecule has 5 rings (SSSR count). The first kappa shape index (κ1) is 26.0. The lowest BCUT2D eigenvalue weighted by atomic mass is 10.0. The highest BCUT2D eigenvalue weighted by atomic mass is 35.5. The number of nitrogen functional groups attached to an aromatic ring is 1. The van der Waals surface area contributed by atoms with Crippen LogP contribution in [0.3, 0.4) is 0 Å². The normalized spacial score (nSPS) is 19.4. The Morgan fingerprint density at radius 1 is 1.45 bits per heavy atom. The number of rotatable bonds is 8. The zero-order chi connectivity index (χ0) is 27.1. The second kappa shape index (κ2) is 10.2. The monoisotopic (exact) mass is 577 g/mol. The van der Waals surface area contributed by atoms with E-state index in [4.69, 9.17) is 22.2 Å². The van der Waals surface area contributed by atoms with Crippen LogP contribution in [0.15, 0.2) is 47.3 Å². The lowest BCUT2D eigenvalue weighted by Gasteiger charge is -2.50. The predicted molar refractivity (Wildman–Crippen MR) is 136 cm³/mol. The van der Waals surface area contributed by atoms with Gasteiger partial charge in [0.15, 0.2) is 29.8 Å². The van der Waals surface area contributed by atoms with Gasteiger partial charge in [0, 0.05) is 23.1 Å². The molecule has 1 saturated heterocycles. The topological polar surface area (TPSA) is 179 Å². The number of amides is 2. The van der Waals surface area contributed by atoms with Crippen molar-refractivity contribution in [2.75, 3.05) is 18.6 Å². The number of halogens is 1. The van der Waals surface area contributed by atoms with Gasteiger partial charge in [-0.3, -0.25) is 14.5 Å². The van der Waals surface area contributed by atoms with Crippen LogP contribution in [0.1, 0.15) is 11.3 Å². The number of nitrogens with one attached hydrogen (secondary N) is 1. The number of anilines is 1. The molecule has 2 aliphatic heterocycles. The van der Waals surface area contributed by atoms with Gasteiger partial charge < -0.3 is 35.3 Å². The van der Waals surface area contributed by atoms with E-state index in [1.165, 1.54) is 18.9 Å². The van der Waals surface area contributed by atoms with E-state index in [2.05, 4.69) is 15.5 Å². The van der Waals surface area contributed by atoms with Gasteiger partial charge in [0.1, 0.15) is 34.1 Å². The van der Waals surface area contributed by atoms with Gasteiger partial charge in [-0.1, -0.05) is 28.1 Å². The molecule has 0 radical (unpaired) electrons. The maximum absolute atomic E-state index is 13.1. The second-order valence-corrected chi connectivity index (χ2v) is 11.0. The smallest absolute Gasteiger partial charge is 0.276 e. The number of β-lactam (4-membered cyclic amide) rings is 1. The van der Waals surface area contributed by atoms with E-state index in [-0.39, 0.29) is 45.5 Å². The fraction of sp³-hybridized carbons (Fsp3) is 0.273. The number of aromatic nitrogens is 3. The summed E-state index contributed by atoms with van der Waals surface area (Å²) < 4.78 is 3.73. The Kier molecular flexibility index (Phi) is 7.00. The number of carbonyl (C=O) groups excluding carboxylic acids is 3. The number of hydrogen-bond donors (Lipinski definition) is 3. The Morgan fingerprint density at radius 2 is 2.24 bits per heavy atom. The van der Waals surface area contributed by atoms with Crippen LogP contribution in [0.2, 0.25) is 4.34 Å². The molecule has 0 aliphatic carbocycles. The third-order valence-corrected chi connectivity index (χ3v) is 8.47. The zero-order valence-electron chi connectivity index (χ0n) is 19.7. The van der Waals surface area contributed by atoms with Crippen molar-refractivity contribution >= 4 is 68.8 Å². The van der Waals surface area contributed by atoms with Gasteiger partial charge in [0.2, 0.25) is 0 Å². The van der Waals surface area contributed by atoms with Gasteiger partial charge >= 0.3 is 0 Å². The SMILES string of the molecule is CO/N=C(\C(=O)N[C@@H]1C(=O)N2C(C(=O)[O-])=C(C[n+]3ccn4ccc(CO)c4c3)CS[C@H]12)c1nc(N)sc1Cl. The third kappa shape index (κ3) is 4.47. The van der Waals surface area contributed by atoms with E-state index in [0.29, 0.717) is 5.57 Å². The first-order valence-electron chi connectivity index (χ1n) is 11.0. The number of aliphatic hydroxyl groups excluding tert-OH is 1. The van der Waals surface area contributed by atoms with E-state index in [9.17, 15) is 24.6 Å². The van der Waals surface area contributed by atoms with Crippen molar-refractivity contribution in [1.82, 2.24) is 19.6 Å². The number of fused-ring (bicyclic) bond motifs is 2. The molecular weight excluding hydrogens is 558 g/mol. The number of carboxylic acid groups (broad SMARTS) is 1. The Balaban J connectivity index is 1.37. The average molecular weight is 578 g/mol. The minimum absolute atomic E-state index is 0.00684. The molecule has 0 aromatic carbocycles. The van der Waals surface area contributed by atoms with E-state index < -0.39 is 29.2 Å². The number of thioether (sulfide) groups is 1. The Bertz CT molecular complexity index is 1530. The number of aliphatic hydroxyl groups is 1. The summed E-state index contributed by atoms with van der Waals surface area (Å²) in [6.07, 6.45) is 7.15. The number of nitrogens with two attached hydrogens (primary N) is 1. The van der Waals surface area contributed by atoms with Crippen molar-refractivity contribution in [2.24, 2.45) is 5.16 Å². The number of nitrogens with zero attached hydrogens (tertiary/aromatic N) is 5. The number of oxime groups is 1. The summed E-state index contributed by atoms with van der Waals surface area (Å²) >= 11 is 8.37. The van der Waals surface area contributed by atoms with Gasteiger partial charge in [-0.2, -0.15) is 4.57 Å². The van der Waals surface area contributed by atoms with Crippen LogP contribution in [0.4, 0.5) is 5.13 Å². The molecule has 5 heterocycles. The lowest BCUT2D eigenvalue weighted by Crippen LogP contribution is -2.71. The first-order valence-corrected chi connectivity index (χ1v) is 13.3. The maximum atomic E-state index is 13.1. The largest absolute Gasteiger partial charge is 0.543 e. The number of thiazole rings is 1. The fourth-order valence-corrected chi connectivity index (χ4v) is 6.60. The summed E-state index contributed by atoms with van der Waals surface area (Å²) in [7, 11) is 1.24. The number of aliphatic carboxylic acids is 1. The predicted octanol–water partition coefficient (Wildman–Crippen LogP) is -1.13. The summed E-state index contributed by atoms with van der Waals surface area (Å²) in [6.45, 7) is 0.0457. The Hall–Kier alpha value is -3.66. The molecule has 0 unspecified atom stereocenters. The Labute approximate surface area is 228 Å². The highest BCUT2D eigenvalue weighted by Gasteiger charge is 2.53. The molecule has 3 aromatic rings. The van der Waals surface area contributed by atoms with Gasteiger partial charge in [0.25, 0.3) is 11.8 Å². The van der Waals surface area contributed by atoms with Crippen molar-refractivity contribution in [3.8, 4) is 0 Å². The summed E-state index contributed by atoms with van der Waals surface area (Å²) in [6, 6.07) is 0.775. The molecule has 16 heteroatoms. The number of hydrogen-bond acceptors (Lipinski definition) is 11. The molecular formula is C22H20ClN7O6S2. The fourth-order valence-electron chi connectivity index (χ4n) is 4.34. The molecule has 38 heavy (non-hydrogen) atoms. The molecule has 2 amide bonds. The van der Waals surface area contributed by atoms with Crippen molar-refractivity contribution in [2.45, 2.75) is 24.6 Å². The third-order valence-electron chi connectivity index (χ3n) is 6.05. The number of carbonyl (C=O) groups is 3. The van der Waals surface area contributed by atoms with E-state index >= 15 is 0 Å². The van der Waals surface area contributed by atoms with E-state index in [0.717, 1.165) is 27.3 Å². The standard InChI is InChI=1S/C22H20ClN7O6S2/c1-36-27-14(13-17(23)38-22(24)26-13)18(32)25-15-19(33)30-16(21(34)35)11(9-37-20(15)30)6-28-4-5-29-3-2-10(8-31)12(29)7-28/h2-5,7,15,20,31H,6,8-9H2,1H3,(H3-,24,25,26,32,34,35)/b27-14-/t15-,20-/m1/s1. The van der Waals surface area contributed by atoms with Crippen molar-refractivity contribution in [3.63, 3.8) is 0 Å². The van der Waals surface area contributed by atoms with E-state index in [1.807, 2.05) is 10.6 Å². The molecule has 2 aliphatic rings. The van der Waals surface area contributed by atoms with E-state index in [1.54, 1.807) is 29.2 Å². The van der Waals surface area contributed by atoms with Crippen molar-refractivity contribution < 1.29 is 34.0 Å². The average Bonchev–Trinajstić information content (AvgIpc) is 3.46. The molecule has 0 spiro atoms. The molecule has 1 fully saturated rings. The summed E-state index contributed by atoms with van der Waals surface area (Å²) in [5.74, 6) is -2.60. The summed E-state index contributed by atoms with van der Waals surface area (Å²) in [5, 5.41) is 27.4. The highest BCUT2D eigenvalue weighted by Crippen LogP contribution is 2.40. The van der Waals surface area contributed by atoms with Crippen molar-refractivity contribution in [3.05, 3.63) is 57.7 Å². The molecule has 4 N–H and O–H groups in total. The van der Waals surface area contributed by atoms with Gasteiger partial charge in [-0.05, 0) is 6.07 Å². The minimum Gasteiger partial charge on any atom is -0.543 e. The zero-order valence-corrected chi connectivity index (χ0v) is 22.0. The van der Waals surface area contributed by atoms with Crippen LogP contribution in [0.5, 0.6) is 0 Å². The second-order valence-electron chi connectivity index (χ2n) is 8.29. The molecule has 2 atom stereocenters. The molecule has 13 nitrogen and oxygen atoms in total. The van der Waals surface area contributed by atoms with Crippen LogP contribution in [-0.2, 0) is 32.4 Å². The molecule has 0 bridgehead atoms. The minimum atomic E-state index is -1.49. The van der Waals surface area contributed by atoms with Crippen LogP contribution in [0, 0.1) is 0 Å². The Morgan fingerprint density at radius 3 is 2.89 bits per heavy atom. The van der Waals surface area contributed by atoms with Crippen LogP contribution in [0.25, 0.3) is 5.52 Å². The van der Waals surface area contributed by atoms with Crippen LogP contribution >= 0.6 is 34.7 Å². The van der Waals surface area contributed by atoms with Gasteiger partial charge in [0.05, 0.1) is 24.5 Å². The first-order chi connectivity index (χ1) is 18.2. The van der Waals surface area contributed by atoms with Crippen LogP contribution in [-0.4, -0.2) is 67.2 Å².